The number of hydrogen-bond donors (Lipinski definition) is 2. The third-order valence-corrected chi connectivity index (χ3v) is 3.28. The number of nitriles is 2. The van der Waals surface area contributed by atoms with E-state index in [1.165, 1.54) is 12.1 Å². The molecular weight excluding hydrogens is 290 g/mol. The van der Waals surface area contributed by atoms with Crippen molar-refractivity contribution in [1.29, 1.82) is 10.5 Å². The normalized spacial score (nSPS) is 10.0. The van der Waals surface area contributed by atoms with Gasteiger partial charge in [0.15, 0.2) is 11.6 Å². The van der Waals surface area contributed by atoms with Crippen LogP contribution in [0.4, 0.5) is 14.6 Å². The lowest BCUT2D eigenvalue weighted by atomic mass is 9.94. The quantitative estimate of drug-likeness (QED) is 0.886. The second kappa shape index (κ2) is 5.66. The first kappa shape index (κ1) is 15.2. The van der Waals surface area contributed by atoms with Gasteiger partial charge in [-0.2, -0.15) is 10.5 Å². The molecule has 0 aliphatic heterocycles. The van der Waals surface area contributed by atoms with E-state index < -0.39 is 22.8 Å². The van der Waals surface area contributed by atoms with Crippen molar-refractivity contribution in [3.63, 3.8) is 0 Å². The van der Waals surface area contributed by atoms with Gasteiger partial charge in [0, 0.05) is 11.1 Å². The molecule has 22 heavy (non-hydrogen) atoms. The van der Waals surface area contributed by atoms with Crippen LogP contribution in [0.3, 0.4) is 0 Å². The summed E-state index contributed by atoms with van der Waals surface area (Å²) in [6, 6.07) is 5.87. The summed E-state index contributed by atoms with van der Waals surface area (Å²) in [4.78, 5) is 13.9. The number of nitrogens with zero attached hydrogens (tertiary/aromatic N) is 2. The van der Waals surface area contributed by atoms with Gasteiger partial charge in [0.1, 0.15) is 29.1 Å². The molecule has 0 saturated heterocycles. The van der Waals surface area contributed by atoms with Crippen LogP contribution < -0.4 is 11.3 Å². The first-order valence-electron chi connectivity index (χ1n) is 6.29. The van der Waals surface area contributed by atoms with Crippen LogP contribution in [0.2, 0.25) is 0 Å². The molecule has 0 saturated carbocycles. The van der Waals surface area contributed by atoms with Gasteiger partial charge in [0.25, 0.3) is 5.56 Å². The molecule has 7 heteroatoms. The van der Waals surface area contributed by atoms with Crippen LogP contribution in [0.25, 0.3) is 11.1 Å². The summed E-state index contributed by atoms with van der Waals surface area (Å²) in [5, 5.41) is 18.3. The van der Waals surface area contributed by atoms with E-state index in [1.54, 1.807) is 19.1 Å². The van der Waals surface area contributed by atoms with E-state index in [1.807, 2.05) is 0 Å². The van der Waals surface area contributed by atoms with Gasteiger partial charge in [-0.1, -0.05) is 19.1 Å². The van der Waals surface area contributed by atoms with Crippen molar-refractivity contribution in [3.8, 4) is 23.3 Å². The number of benzene rings is 1. The lowest BCUT2D eigenvalue weighted by Crippen LogP contribution is -2.17. The minimum Gasteiger partial charge on any atom is -0.384 e. The molecule has 110 valence electrons. The molecule has 3 N–H and O–H groups in total. The molecule has 0 amide bonds. The smallest absolute Gasteiger partial charge is 0.268 e. The fourth-order valence-corrected chi connectivity index (χ4v) is 2.17. The Bertz CT molecular complexity index is 904. The van der Waals surface area contributed by atoms with Crippen molar-refractivity contribution < 1.29 is 8.78 Å². The monoisotopic (exact) mass is 300 g/mol. The van der Waals surface area contributed by atoms with Crippen molar-refractivity contribution >= 4 is 5.82 Å². The Kier molecular flexibility index (Phi) is 3.91. The summed E-state index contributed by atoms with van der Waals surface area (Å²) in [5.74, 6) is -2.61. The molecule has 0 fully saturated rings. The maximum Gasteiger partial charge on any atom is 0.268 e. The van der Waals surface area contributed by atoms with Crippen molar-refractivity contribution in [3.05, 3.63) is 50.8 Å². The highest BCUT2D eigenvalue weighted by atomic mass is 19.2. The van der Waals surface area contributed by atoms with E-state index in [4.69, 9.17) is 16.3 Å². The summed E-state index contributed by atoms with van der Waals surface area (Å²) in [6.07, 6.45) is 0.275. The van der Waals surface area contributed by atoms with E-state index >= 15 is 0 Å². The zero-order valence-corrected chi connectivity index (χ0v) is 11.5. The van der Waals surface area contributed by atoms with Gasteiger partial charge in [-0.25, -0.2) is 8.78 Å². The van der Waals surface area contributed by atoms with Crippen LogP contribution >= 0.6 is 0 Å². The van der Waals surface area contributed by atoms with E-state index in [-0.39, 0.29) is 34.5 Å². The van der Waals surface area contributed by atoms with Crippen molar-refractivity contribution in [1.82, 2.24) is 4.98 Å². The minimum absolute atomic E-state index is 0.149. The van der Waals surface area contributed by atoms with Gasteiger partial charge in [0.05, 0.1) is 0 Å². The number of hydrogen-bond acceptors (Lipinski definition) is 4. The fourth-order valence-electron chi connectivity index (χ4n) is 2.17. The molecule has 1 aromatic heterocycles. The van der Waals surface area contributed by atoms with E-state index in [9.17, 15) is 13.6 Å². The summed E-state index contributed by atoms with van der Waals surface area (Å²) in [5.41, 5.74) is 3.40. The zero-order chi connectivity index (χ0) is 16.4. The third kappa shape index (κ3) is 2.19. The van der Waals surface area contributed by atoms with Gasteiger partial charge in [-0.15, -0.1) is 0 Å². The number of aromatic nitrogens is 1. The van der Waals surface area contributed by atoms with Crippen LogP contribution in [0.1, 0.15) is 23.6 Å². The Morgan fingerprint density at radius 3 is 2.36 bits per heavy atom. The summed E-state index contributed by atoms with van der Waals surface area (Å²) in [6.45, 7) is 1.66. The highest BCUT2D eigenvalue weighted by Gasteiger charge is 2.23. The Hall–Kier alpha value is -3.19. The number of halogens is 2. The van der Waals surface area contributed by atoms with Gasteiger partial charge in [-0.05, 0) is 12.0 Å². The lowest BCUT2D eigenvalue weighted by molar-refractivity contribution is 0.502. The first-order chi connectivity index (χ1) is 10.5. The third-order valence-electron chi connectivity index (χ3n) is 3.28. The van der Waals surface area contributed by atoms with Gasteiger partial charge in [0.2, 0.25) is 0 Å². The second-order valence-corrected chi connectivity index (χ2v) is 4.47. The standard InChI is InChI=1S/C15H10F2N4O/c1-2-7-3-4-8(13(17)12(7)16)11-9(5-18)14(20)21-15(22)10(11)6-19/h3-4H,2H2,1H3,(H3,20,21,22). The minimum atomic E-state index is -1.22. The zero-order valence-electron chi connectivity index (χ0n) is 11.5. The number of nitrogen functional groups attached to an aromatic ring is 1. The van der Waals surface area contributed by atoms with Crippen LogP contribution in [-0.4, -0.2) is 4.98 Å². The van der Waals surface area contributed by atoms with E-state index in [0.29, 0.717) is 0 Å². The van der Waals surface area contributed by atoms with Gasteiger partial charge >= 0.3 is 0 Å². The number of pyridine rings is 1. The molecule has 0 spiro atoms. The van der Waals surface area contributed by atoms with Crippen LogP contribution in [0.5, 0.6) is 0 Å². The maximum absolute atomic E-state index is 14.3. The maximum atomic E-state index is 14.3. The molecule has 5 nitrogen and oxygen atoms in total. The molecule has 2 aromatic rings. The van der Waals surface area contributed by atoms with Gasteiger partial charge < -0.3 is 10.7 Å². The average Bonchev–Trinajstić information content (AvgIpc) is 2.49. The number of nitrogens with one attached hydrogen (secondary N) is 1. The fraction of sp³-hybridized carbons (Fsp3) is 0.133. The number of aryl methyl sites for hydroxylation is 1. The predicted octanol–water partition coefficient (Wildman–Crippen LogP) is 2.21. The van der Waals surface area contributed by atoms with Crippen LogP contribution in [0.15, 0.2) is 16.9 Å². The Balaban J connectivity index is 2.96. The Morgan fingerprint density at radius 1 is 1.18 bits per heavy atom. The Morgan fingerprint density at radius 2 is 1.82 bits per heavy atom. The average molecular weight is 300 g/mol. The highest BCUT2D eigenvalue weighted by Crippen LogP contribution is 2.32. The lowest BCUT2D eigenvalue weighted by Gasteiger charge is -2.11. The van der Waals surface area contributed by atoms with Crippen LogP contribution in [-0.2, 0) is 6.42 Å². The predicted molar refractivity (Wildman–Crippen MR) is 75.6 cm³/mol. The number of aromatic amines is 1. The molecule has 0 atom stereocenters. The Labute approximate surface area is 124 Å². The number of nitrogens with two attached hydrogens (primary N) is 1. The van der Waals surface area contributed by atoms with E-state index in [2.05, 4.69) is 4.98 Å². The van der Waals surface area contributed by atoms with Gasteiger partial charge in [-0.3, -0.25) is 4.79 Å². The molecule has 0 radical (unpaired) electrons. The largest absolute Gasteiger partial charge is 0.384 e. The molecule has 0 bridgehead atoms. The molecule has 2 rings (SSSR count). The van der Waals surface area contributed by atoms with Crippen molar-refractivity contribution in [2.45, 2.75) is 13.3 Å². The molecule has 0 aliphatic carbocycles. The van der Waals surface area contributed by atoms with Crippen LogP contribution in [0, 0.1) is 34.3 Å². The first-order valence-corrected chi connectivity index (χ1v) is 6.29. The number of anilines is 1. The summed E-state index contributed by atoms with van der Waals surface area (Å²) >= 11 is 0. The highest BCUT2D eigenvalue weighted by molar-refractivity contribution is 5.80. The van der Waals surface area contributed by atoms with Crippen molar-refractivity contribution in [2.75, 3.05) is 5.73 Å². The SMILES string of the molecule is CCc1ccc(-c2c(C#N)c(N)[nH]c(=O)c2C#N)c(F)c1F. The second-order valence-electron chi connectivity index (χ2n) is 4.47. The molecule has 0 unspecified atom stereocenters. The molecule has 0 aliphatic rings. The number of rotatable bonds is 2. The molecule has 1 aromatic carbocycles. The van der Waals surface area contributed by atoms with E-state index in [0.717, 1.165) is 0 Å². The van der Waals surface area contributed by atoms with Crippen molar-refractivity contribution in [2.24, 2.45) is 0 Å². The summed E-state index contributed by atoms with van der Waals surface area (Å²) in [7, 11) is 0. The summed E-state index contributed by atoms with van der Waals surface area (Å²) < 4.78 is 28.2. The number of H-pyrrole nitrogens is 1. The topological polar surface area (TPSA) is 106 Å². The molecule has 1 heterocycles. The molecular formula is C15H10F2N4O.